The van der Waals surface area contributed by atoms with Crippen LogP contribution in [0.5, 0.6) is 0 Å². The van der Waals surface area contributed by atoms with Crippen molar-refractivity contribution in [2.75, 3.05) is 25.0 Å². The van der Waals surface area contributed by atoms with Crippen LogP contribution >= 0.6 is 0 Å². The summed E-state index contributed by atoms with van der Waals surface area (Å²) in [6.07, 6.45) is 1.31. The number of carbonyl (C=O) groups is 2. The van der Waals surface area contributed by atoms with Crippen LogP contribution in [0.4, 0.5) is 25.0 Å². The van der Waals surface area contributed by atoms with E-state index in [-0.39, 0.29) is 35.5 Å². The summed E-state index contributed by atoms with van der Waals surface area (Å²) in [6.45, 7) is 4.02. The fourth-order valence-electron chi connectivity index (χ4n) is 4.41. The highest BCUT2D eigenvalue weighted by Gasteiger charge is 2.28. The molecule has 0 atom stereocenters. The Morgan fingerprint density at radius 2 is 1.69 bits per heavy atom. The zero-order valence-corrected chi connectivity index (χ0v) is 22.2. The predicted molar refractivity (Wildman–Crippen MR) is 140 cm³/mol. The molecule has 0 saturated carbocycles. The highest BCUT2D eigenvalue weighted by Crippen LogP contribution is 2.31. The molecule has 1 aliphatic rings. The summed E-state index contributed by atoms with van der Waals surface area (Å²) >= 11 is 0. The summed E-state index contributed by atoms with van der Waals surface area (Å²) in [7, 11) is -4.41. The van der Waals surface area contributed by atoms with E-state index in [1.807, 2.05) is 0 Å². The number of sulfonamides is 1. The number of aryl methyl sites for hydroxylation is 1. The van der Waals surface area contributed by atoms with E-state index in [9.17, 15) is 26.8 Å². The minimum absolute atomic E-state index is 0.0310. The molecule has 1 aromatic heterocycles. The molecule has 1 saturated heterocycles. The fourth-order valence-corrected chi connectivity index (χ4v) is 5.26. The van der Waals surface area contributed by atoms with Crippen molar-refractivity contribution in [2.45, 2.75) is 37.6 Å². The number of carbonyl (C=O) groups excluding carboxylic acids is 2. The Labute approximate surface area is 225 Å². The third-order valence-corrected chi connectivity index (χ3v) is 7.67. The van der Waals surface area contributed by atoms with Crippen LogP contribution in [0, 0.1) is 18.6 Å². The number of anilines is 2. The summed E-state index contributed by atoms with van der Waals surface area (Å²) < 4.78 is 58.9. The van der Waals surface area contributed by atoms with Crippen molar-refractivity contribution in [1.82, 2.24) is 14.6 Å². The third-order valence-electron chi connectivity index (χ3n) is 6.46. The Kier molecular flexibility index (Phi) is 8.44. The number of rotatable bonds is 7. The first-order chi connectivity index (χ1) is 18.6. The SMILES string of the molecule is CCOC(=O)NS(=O)(=O)c1cc(Nc2ccc(F)cc2C)c(C(=O)N2CCC(c3ccc(F)cc3)CC2)cn1. The van der Waals surface area contributed by atoms with Crippen LogP contribution in [0.15, 0.2) is 59.8 Å². The number of nitrogens with zero attached hydrogens (tertiary/aromatic N) is 2. The van der Waals surface area contributed by atoms with Crippen molar-refractivity contribution in [3.63, 3.8) is 0 Å². The molecule has 2 amide bonds. The van der Waals surface area contributed by atoms with Crippen LogP contribution in [0.2, 0.25) is 0 Å². The van der Waals surface area contributed by atoms with E-state index >= 15 is 0 Å². The lowest BCUT2D eigenvalue weighted by atomic mass is 9.89. The molecular weight excluding hydrogens is 530 g/mol. The summed E-state index contributed by atoms with van der Waals surface area (Å²) in [6, 6.07) is 11.5. The number of hydrogen-bond acceptors (Lipinski definition) is 7. The third kappa shape index (κ3) is 6.69. The van der Waals surface area contributed by atoms with Crippen molar-refractivity contribution in [2.24, 2.45) is 0 Å². The molecule has 12 heteroatoms. The molecule has 0 spiro atoms. The van der Waals surface area contributed by atoms with Gasteiger partial charge in [-0.25, -0.2) is 23.3 Å². The maximum Gasteiger partial charge on any atom is 0.421 e. The molecule has 2 heterocycles. The van der Waals surface area contributed by atoms with E-state index in [0.717, 1.165) is 17.8 Å². The van der Waals surface area contributed by atoms with E-state index < -0.39 is 27.0 Å². The van der Waals surface area contributed by atoms with Gasteiger partial charge in [-0.05, 0) is 74.1 Å². The minimum Gasteiger partial charge on any atom is -0.449 e. The number of pyridine rings is 1. The van der Waals surface area contributed by atoms with Gasteiger partial charge in [0.25, 0.3) is 15.9 Å². The van der Waals surface area contributed by atoms with E-state index in [0.29, 0.717) is 37.2 Å². The van der Waals surface area contributed by atoms with Gasteiger partial charge in [0, 0.05) is 31.0 Å². The second-order valence-corrected chi connectivity index (χ2v) is 10.7. The molecule has 0 bridgehead atoms. The second kappa shape index (κ2) is 11.8. The summed E-state index contributed by atoms with van der Waals surface area (Å²) in [5.74, 6) is -0.952. The molecule has 3 aromatic rings. The quantitative estimate of drug-likeness (QED) is 0.425. The van der Waals surface area contributed by atoms with Crippen LogP contribution in [0.25, 0.3) is 0 Å². The monoisotopic (exact) mass is 558 g/mol. The Morgan fingerprint density at radius 3 is 2.33 bits per heavy atom. The van der Waals surface area contributed by atoms with Crippen molar-refractivity contribution < 1.29 is 31.5 Å². The first-order valence-electron chi connectivity index (χ1n) is 12.3. The van der Waals surface area contributed by atoms with Gasteiger partial charge in [-0.2, -0.15) is 8.42 Å². The number of ether oxygens (including phenoxy) is 1. The van der Waals surface area contributed by atoms with Crippen LogP contribution in [0.1, 0.15) is 47.2 Å². The minimum atomic E-state index is -4.41. The molecule has 39 heavy (non-hydrogen) atoms. The Balaban J connectivity index is 1.61. The topological polar surface area (TPSA) is 118 Å². The Bertz CT molecular complexity index is 1470. The van der Waals surface area contributed by atoms with Crippen molar-refractivity contribution in [1.29, 1.82) is 0 Å². The molecule has 9 nitrogen and oxygen atoms in total. The molecule has 206 valence electrons. The van der Waals surface area contributed by atoms with Gasteiger partial charge in [-0.15, -0.1) is 0 Å². The van der Waals surface area contributed by atoms with Gasteiger partial charge in [0.2, 0.25) is 0 Å². The standard InChI is InChI=1S/C27H28F2N4O5S/c1-3-38-27(35)32-39(36,37)25-15-24(31-23-9-8-21(29)14-17(23)2)22(16-30-25)26(34)33-12-10-19(11-13-33)18-4-6-20(28)7-5-18/h4-9,14-16,19H,3,10-13H2,1-2H3,(H,30,31)(H,32,35). The molecule has 1 aliphatic heterocycles. The van der Waals surface area contributed by atoms with Crippen LogP contribution < -0.4 is 10.0 Å². The number of piperidine rings is 1. The van der Waals surface area contributed by atoms with Gasteiger partial charge in [0.15, 0.2) is 5.03 Å². The van der Waals surface area contributed by atoms with Crippen LogP contribution in [0.3, 0.4) is 0 Å². The summed E-state index contributed by atoms with van der Waals surface area (Å²) in [5, 5.41) is 2.51. The average molecular weight is 559 g/mol. The smallest absolute Gasteiger partial charge is 0.421 e. The molecule has 0 aliphatic carbocycles. The molecule has 1 fully saturated rings. The van der Waals surface area contributed by atoms with Gasteiger partial charge < -0.3 is 15.0 Å². The normalized spacial score (nSPS) is 14.1. The second-order valence-electron chi connectivity index (χ2n) is 9.10. The number of likely N-dealkylation sites (tertiary alicyclic amines) is 1. The van der Waals surface area contributed by atoms with Gasteiger partial charge in [0.05, 0.1) is 17.9 Å². The number of nitrogens with one attached hydrogen (secondary N) is 2. The van der Waals surface area contributed by atoms with Gasteiger partial charge in [-0.1, -0.05) is 12.1 Å². The van der Waals surface area contributed by atoms with Gasteiger partial charge in [0.1, 0.15) is 11.6 Å². The highest BCUT2D eigenvalue weighted by molar-refractivity contribution is 7.90. The fraction of sp³-hybridized carbons (Fsp3) is 0.296. The highest BCUT2D eigenvalue weighted by atomic mass is 32.2. The largest absolute Gasteiger partial charge is 0.449 e. The zero-order valence-electron chi connectivity index (χ0n) is 21.4. The van der Waals surface area contributed by atoms with Crippen molar-refractivity contribution in [3.05, 3.63) is 83.1 Å². The maximum absolute atomic E-state index is 13.7. The number of aromatic nitrogens is 1. The number of halogens is 2. The first kappa shape index (κ1) is 28.0. The van der Waals surface area contributed by atoms with Crippen LogP contribution in [-0.4, -0.2) is 50.0 Å². The van der Waals surface area contributed by atoms with E-state index in [4.69, 9.17) is 0 Å². The Hall–Kier alpha value is -4.06. The van der Waals surface area contributed by atoms with E-state index in [1.54, 1.807) is 28.7 Å². The Morgan fingerprint density at radius 1 is 1.03 bits per heavy atom. The molecule has 2 N–H and O–H groups in total. The summed E-state index contributed by atoms with van der Waals surface area (Å²) in [4.78, 5) is 30.9. The lowest BCUT2D eigenvalue weighted by Gasteiger charge is -2.32. The molecule has 4 rings (SSSR count). The molecule has 0 unspecified atom stereocenters. The molecule has 0 radical (unpaired) electrons. The number of benzene rings is 2. The average Bonchev–Trinajstić information content (AvgIpc) is 2.90. The van der Waals surface area contributed by atoms with Gasteiger partial charge >= 0.3 is 6.09 Å². The van der Waals surface area contributed by atoms with Crippen molar-refractivity contribution >= 4 is 33.4 Å². The van der Waals surface area contributed by atoms with Crippen molar-refractivity contribution in [3.8, 4) is 0 Å². The number of amides is 2. The zero-order chi connectivity index (χ0) is 28.2. The van der Waals surface area contributed by atoms with Crippen LogP contribution in [-0.2, 0) is 14.8 Å². The maximum atomic E-state index is 13.7. The lowest BCUT2D eigenvalue weighted by molar-refractivity contribution is 0.0713. The van der Waals surface area contributed by atoms with E-state index in [1.165, 1.54) is 37.3 Å². The molecular formula is C27H28F2N4O5S. The predicted octanol–water partition coefficient (Wildman–Crippen LogP) is 4.87. The van der Waals surface area contributed by atoms with Gasteiger partial charge in [-0.3, -0.25) is 4.79 Å². The van der Waals surface area contributed by atoms with E-state index in [2.05, 4.69) is 15.0 Å². The molecule has 2 aromatic carbocycles. The number of hydrogen-bond donors (Lipinski definition) is 2. The lowest BCUT2D eigenvalue weighted by Crippen LogP contribution is -2.38. The summed E-state index contributed by atoms with van der Waals surface area (Å²) in [5.41, 5.74) is 2.21. The first-order valence-corrected chi connectivity index (χ1v) is 13.8.